The molecule has 0 saturated heterocycles. The summed E-state index contributed by atoms with van der Waals surface area (Å²) in [4.78, 5) is 21.0. The maximum atomic E-state index is 11.0. The van der Waals surface area contributed by atoms with Crippen molar-refractivity contribution in [2.45, 2.75) is 6.42 Å². The second-order valence-corrected chi connectivity index (χ2v) is 3.00. The molecule has 6 heteroatoms. The SMILES string of the molecule is CNC(=O)Cc1ccc(N)c([N+](=O)[O-])c1. The fraction of sp³-hybridized carbons (Fsp3) is 0.222. The van der Waals surface area contributed by atoms with Gasteiger partial charge in [-0.05, 0) is 11.6 Å². The van der Waals surface area contributed by atoms with E-state index in [1.54, 1.807) is 6.07 Å². The number of nitro benzene ring substituents is 1. The smallest absolute Gasteiger partial charge is 0.292 e. The summed E-state index contributed by atoms with van der Waals surface area (Å²) in [5, 5.41) is 13.0. The second kappa shape index (κ2) is 4.41. The van der Waals surface area contributed by atoms with Crippen molar-refractivity contribution in [3.8, 4) is 0 Å². The highest BCUT2D eigenvalue weighted by molar-refractivity contribution is 5.78. The molecular formula is C9H11N3O3. The third-order valence-electron chi connectivity index (χ3n) is 1.94. The van der Waals surface area contributed by atoms with Gasteiger partial charge in [0.1, 0.15) is 5.69 Å². The lowest BCUT2D eigenvalue weighted by atomic mass is 10.1. The molecule has 0 aliphatic heterocycles. The van der Waals surface area contributed by atoms with E-state index in [0.717, 1.165) is 0 Å². The van der Waals surface area contributed by atoms with Gasteiger partial charge in [0, 0.05) is 13.1 Å². The van der Waals surface area contributed by atoms with Crippen LogP contribution in [0.2, 0.25) is 0 Å². The zero-order valence-electron chi connectivity index (χ0n) is 8.19. The maximum Gasteiger partial charge on any atom is 0.292 e. The molecule has 0 atom stereocenters. The van der Waals surface area contributed by atoms with Crippen LogP contribution in [0, 0.1) is 10.1 Å². The van der Waals surface area contributed by atoms with Crippen molar-refractivity contribution in [2.24, 2.45) is 0 Å². The van der Waals surface area contributed by atoms with E-state index in [0.29, 0.717) is 5.56 Å². The van der Waals surface area contributed by atoms with E-state index in [9.17, 15) is 14.9 Å². The van der Waals surface area contributed by atoms with Crippen molar-refractivity contribution < 1.29 is 9.72 Å². The van der Waals surface area contributed by atoms with E-state index >= 15 is 0 Å². The summed E-state index contributed by atoms with van der Waals surface area (Å²) in [6, 6.07) is 4.33. The summed E-state index contributed by atoms with van der Waals surface area (Å²) in [5.41, 5.74) is 5.90. The van der Waals surface area contributed by atoms with E-state index in [-0.39, 0.29) is 23.7 Å². The number of anilines is 1. The zero-order chi connectivity index (χ0) is 11.4. The Morgan fingerprint density at radius 2 is 2.27 bits per heavy atom. The van der Waals surface area contributed by atoms with Crippen LogP contribution in [0.15, 0.2) is 18.2 Å². The van der Waals surface area contributed by atoms with Gasteiger partial charge in [-0.2, -0.15) is 0 Å². The van der Waals surface area contributed by atoms with Crippen molar-refractivity contribution in [2.75, 3.05) is 12.8 Å². The van der Waals surface area contributed by atoms with Crippen LogP contribution in [-0.4, -0.2) is 17.9 Å². The van der Waals surface area contributed by atoms with Gasteiger partial charge < -0.3 is 11.1 Å². The minimum atomic E-state index is -0.567. The van der Waals surface area contributed by atoms with Gasteiger partial charge in [-0.25, -0.2) is 0 Å². The van der Waals surface area contributed by atoms with Gasteiger partial charge in [0.05, 0.1) is 11.3 Å². The quantitative estimate of drug-likeness (QED) is 0.429. The Balaban J connectivity index is 2.97. The van der Waals surface area contributed by atoms with Gasteiger partial charge >= 0.3 is 0 Å². The molecule has 0 bridgehead atoms. The largest absolute Gasteiger partial charge is 0.393 e. The Hall–Kier alpha value is -2.11. The van der Waals surface area contributed by atoms with E-state index in [4.69, 9.17) is 5.73 Å². The van der Waals surface area contributed by atoms with Crippen molar-refractivity contribution in [1.29, 1.82) is 0 Å². The van der Waals surface area contributed by atoms with Crippen LogP contribution in [0.25, 0.3) is 0 Å². The Morgan fingerprint density at radius 1 is 1.60 bits per heavy atom. The Kier molecular flexibility index (Phi) is 3.22. The number of likely N-dealkylation sites (N-methyl/N-ethyl adjacent to an activating group) is 1. The van der Waals surface area contributed by atoms with Gasteiger partial charge in [0.25, 0.3) is 5.69 Å². The minimum absolute atomic E-state index is 0.0978. The number of carbonyl (C=O) groups excluding carboxylic acids is 1. The number of hydrogen-bond acceptors (Lipinski definition) is 4. The Bertz CT molecular complexity index is 404. The first-order chi connectivity index (χ1) is 7.04. The number of hydrogen-bond donors (Lipinski definition) is 2. The van der Waals surface area contributed by atoms with Crippen molar-refractivity contribution in [1.82, 2.24) is 5.32 Å². The number of nitrogens with zero attached hydrogens (tertiary/aromatic N) is 1. The summed E-state index contributed by atoms with van der Waals surface area (Å²) in [6.07, 6.45) is 0.109. The highest BCUT2D eigenvalue weighted by Crippen LogP contribution is 2.22. The molecule has 0 spiro atoms. The van der Waals surface area contributed by atoms with Gasteiger partial charge in [0.15, 0.2) is 0 Å². The molecule has 0 heterocycles. The lowest BCUT2D eigenvalue weighted by Crippen LogP contribution is -2.19. The number of nitrogens with two attached hydrogens (primary N) is 1. The molecule has 1 aromatic rings. The molecule has 0 unspecified atom stereocenters. The number of nitro groups is 1. The molecule has 0 aliphatic carbocycles. The van der Waals surface area contributed by atoms with Crippen molar-refractivity contribution in [3.05, 3.63) is 33.9 Å². The number of benzene rings is 1. The third-order valence-corrected chi connectivity index (χ3v) is 1.94. The predicted molar refractivity (Wildman–Crippen MR) is 55.3 cm³/mol. The number of amides is 1. The zero-order valence-corrected chi connectivity index (χ0v) is 8.19. The van der Waals surface area contributed by atoms with E-state index in [2.05, 4.69) is 5.32 Å². The van der Waals surface area contributed by atoms with Gasteiger partial charge in [-0.3, -0.25) is 14.9 Å². The van der Waals surface area contributed by atoms with Gasteiger partial charge in [0.2, 0.25) is 5.91 Å². The summed E-state index contributed by atoms with van der Waals surface area (Å²) in [6.45, 7) is 0. The van der Waals surface area contributed by atoms with E-state index in [1.807, 2.05) is 0 Å². The molecule has 0 fully saturated rings. The molecular weight excluding hydrogens is 198 g/mol. The second-order valence-electron chi connectivity index (χ2n) is 3.00. The molecule has 1 rings (SSSR count). The predicted octanol–water partition coefficient (Wildman–Crippen LogP) is 0.465. The number of nitrogen functional groups attached to an aromatic ring is 1. The van der Waals surface area contributed by atoms with Crippen LogP contribution < -0.4 is 11.1 Å². The molecule has 1 amide bonds. The first-order valence-electron chi connectivity index (χ1n) is 4.28. The lowest BCUT2D eigenvalue weighted by Gasteiger charge is -2.02. The van der Waals surface area contributed by atoms with Crippen molar-refractivity contribution >= 4 is 17.3 Å². The maximum absolute atomic E-state index is 11.0. The summed E-state index contributed by atoms with van der Waals surface area (Å²) < 4.78 is 0. The van der Waals surface area contributed by atoms with Crippen LogP contribution in [0.3, 0.4) is 0 Å². The molecule has 3 N–H and O–H groups in total. The molecule has 6 nitrogen and oxygen atoms in total. The first-order valence-corrected chi connectivity index (χ1v) is 4.28. The highest BCUT2D eigenvalue weighted by atomic mass is 16.6. The fourth-order valence-corrected chi connectivity index (χ4v) is 1.13. The summed E-state index contributed by atoms with van der Waals surface area (Å²) in [7, 11) is 1.51. The van der Waals surface area contributed by atoms with Crippen LogP contribution in [-0.2, 0) is 11.2 Å². The van der Waals surface area contributed by atoms with Crippen LogP contribution in [0.4, 0.5) is 11.4 Å². The standard InChI is InChI=1S/C9H11N3O3/c1-11-9(13)5-6-2-3-7(10)8(4-6)12(14)15/h2-4H,5,10H2,1H3,(H,11,13). The van der Waals surface area contributed by atoms with Crippen molar-refractivity contribution in [3.63, 3.8) is 0 Å². The minimum Gasteiger partial charge on any atom is -0.393 e. The summed E-state index contributed by atoms with van der Waals surface area (Å²) in [5.74, 6) is -0.200. The Labute approximate surface area is 86.2 Å². The molecule has 0 aromatic heterocycles. The normalized spacial score (nSPS) is 9.67. The van der Waals surface area contributed by atoms with Crippen LogP contribution >= 0.6 is 0 Å². The van der Waals surface area contributed by atoms with E-state index < -0.39 is 4.92 Å². The lowest BCUT2D eigenvalue weighted by molar-refractivity contribution is -0.383. The first kappa shape index (κ1) is 11.0. The fourth-order valence-electron chi connectivity index (χ4n) is 1.13. The molecule has 0 aliphatic rings. The third kappa shape index (κ3) is 2.67. The number of nitrogens with one attached hydrogen (secondary N) is 1. The van der Waals surface area contributed by atoms with Crippen LogP contribution in [0.1, 0.15) is 5.56 Å². The molecule has 0 radical (unpaired) electrons. The molecule has 80 valence electrons. The van der Waals surface area contributed by atoms with E-state index in [1.165, 1.54) is 19.2 Å². The molecule has 15 heavy (non-hydrogen) atoms. The van der Waals surface area contributed by atoms with Gasteiger partial charge in [-0.1, -0.05) is 6.07 Å². The van der Waals surface area contributed by atoms with Crippen LogP contribution in [0.5, 0.6) is 0 Å². The Morgan fingerprint density at radius 3 is 2.80 bits per heavy atom. The molecule has 0 saturated carbocycles. The highest BCUT2D eigenvalue weighted by Gasteiger charge is 2.12. The summed E-state index contributed by atoms with van der Waals surface area (Å²) >= 11 is 0. The number of carbonyl (C=O) groups is 1. The van der Waals surface area contributed by atoms with Gasteiger partial charge in [-0.15, -0.1) is 0 Å². The average molecular weight is 209 g/mol. The molecule has 1 aromatic carbocycles. The topological polar surface area (TPSA) is 98.3 Å². The monoisotopic (exact) mass is 209 g/mol. The number of rotatable bonds is 3. The average Bonchev–Trinajstić information content (AvgIpc) is 2.20.